The van der Waals surface area contributed by atoms with Gasteiger partial charge in [0.15, 0.2) is 0 Å². The molecule has 176 valence electrons. The molecule has 1 aromatic rings. The Morgan fingerprint density at radius 1 is 1.12 bits per heavy atom. The molecule has 1 amide bonds. The minimum atomic E-state index is -3.79. The van der Waals surface area contributed by atoms with Crippen molar-refractivity contribution in [3.8, 4) is 5.75 Å². The molecule has 0 heterocycles. The van der Waals surface area contributed by atoms with Gasteiger partial charge in [-0.15, -0.1) is 0 Å². The first-order valence-corrected chi connectivity index (χ1v) is 13.5. The Bertz CT molecular complexity index is 988. The predicted molar refractivity (Wildman–Crippen MR) is 118 cm³/mol. The molecule has 8 heteroatoms. The number of hydrogen-bond acceptors (Lipinski definition) is 5. The smallest absolute Gasteiger partial charge is 0.267 e. The lowest BCUT2D eigenvalue weighted by Gasteiger charge is -2.56. The molecule has 2 atom stereocenters. The summed E-state index contributed by atoms with van der Waals surface area (Å²) in [4.78, 5) is 12.4. The predicted octanol–water partition coefficient (Wildman–Crippen LogP) is 3.86. The summed E-state index contributed by atoms with van der Waals surface area (Å²) in [6.45, 7) is 1.17. The molecule has 5 fully saturated rings. The van der Waals surface area contributed by atoms with E-state index >= 15 is 0 Å². The Morgan fingerprint density at radius 2 is 1.75 bits per heavy atom. The van der Waals surface area contributed by atoms with Crippen molar-refractivity contribution in [2.75, 3.05) is 26.6 Å². The van der Waals surface area contributed by atoms with E-state index in [0.29, 0.717) is 19.0 Å². The van der Waals surface area contributed by atoms with E-state index in [2.05, 4.69) is 0 Å². The molecule has 5 aliphatic rings. The van der Waals surface area contributed by atoms with Gasteiger partial charge in [0.25, 0.3) is 5.91 Å². The van der Waals surface area contributed by atoms with Gasteiger partial charge in [-0.25, -0.2) is 17.5 Å². The second-order valence-electron chi connectivity index (χ2n) is 10.8. The van der Waals surface area contributed by atoms with Crippen molar-refractivity contribution in [3.05, 3.63) is 29.1 Å². The first-order valence-electron chi connectivity index (χ1n) is 11.6. The van der Waals surface area contributed by atoms with Gasteiger partial charge in [0, 0.05) is 25.2 Å². The third-order valence-electron chi connectivity index (χ3n) is 8.02. The molecular weight excluding hydrogens is 433 g/mol. The fraction of sp³-hybridized carbons (Fsp3) is 0.708. The zero-order valence-electron chi connectivity index (χ0n) is 18.7. The maximum Gasteiger partial charge on any atom is 0.267 e. The molecule has 1 N–H and O–H groups in total. The average Bonchev–Trinajstić information content (AvgIpc) is 3.43. The summed E-state index contributed by atoms with van der Waals surface area (Å²) in [6, 6.07) is 2.75. The lowest BCUT2D eigenvalue weighted by Crippen LogP contribution is -2.48. The highest BCUT2D eigenvalue weighted by Gasteiger charge is 2.51. The number of rotatable bonds is 8. The molecule has 5 saturated carbocycles. The number of benzene rings is 1. The topological polar surface area (TPSA) is 81.7 Å². The summed E-state index contributed by atoms with van der Waals surface area (Å²) in [5.41, 5.74) is 0.692. The maximum absolute atomic E-state index is 14.9. The summed E-state index contributed by atoms with van der Waals surface area (Å²) < 4.78 is 51.3. The van der Waals surface area contributed by atoms with E-state index in [-0.39, 0.29) is 22.8 Å². The summed E-state index contributed by atoms with van der Waals surface area (Å²) in [5.74, 6) is 1.58. The van der Waals surface area contributed by atoms with Crippen LogP contribution < -0.4 is 9.46 Å². The molecule has 0 saturated heterocycles. The highest BCUT2D eigenvalue weighted by molar-refractivity contribution is 7.89. The number of methoxy groups -OCH3 is 1. The number of hydrogen-bond donors (Lipinski definition) is 1. The molecule has 1 aromatic carbocycles. The maximum atomic E-state index is 14.9. The fourth-order valence-electron chi connectivity index (χ4n) is 7.11. The van der Waals surface area contributed by atoms with Crippen LogP contribution in [0.1, 0.15) is 66.8 Å². The van der Waals surface area contributed by atoms with Crippen molar-refractivity contribution in [1.82, 2.24) is 4.72 Å². The number of nitrogens with one attached hydrogen (secondary N) is 1. The van der Waals surface area contributed by atoms with E-state index in [1.165, 1.54) is 50.7 Å². The lowest BCUT2D eigenvalue weighted by atomic mass is 9.50. The van der Waals surface area contributed by atoms with Crippen LogP contribution in [-0.4, -0.2) is 40.9 Å². The van der Waals surface area contributed by atoms with E-state index in [9.17, 15) is 17.6 Å². The van der Waals surface area contributed by atoms with Gasteiger partial charge in [-0.05, 0) is 86.2 Å². The van der Waals surface area contributed by atoms with E-state index < -0.39 is 21.7 Å². The van der Waals surface area contributed by atoms with Crippen molar-refractivity contribution in [3.63, 3.8) is 0 Å². The number of halogens is 1. The van der Waals surface area contributed by atoms with Crippen LogP contribution in [0.25, 0.3) is 0 Å². The van der Waals surface area contributed by atoms with Gasteiger partial charge in [0.05, 0.1) is 18.4 Å². The summed E-state index contributed by atoms with van der Waals surface area (Å²) in [5, 5.41) is 0. The number of ether oxygens (including phenoxy) is 2. The van der Waals surface area contributed by atoms with Crippen LogP contribution >= 0.6 is 0 Å². The normalized spacial score (nSPS) is 35.0. The van der Waals surface area contributed by atoms with E-state index in [0.717, 1.165) is 36.0 Å². The second-order valence-corrected chi connectivity index (χ2v) is 12.6. The van der Waals surface area contributed by atoms with Crippen LogP contribution in [0.4, 0.5) is 4.39 Å². The van der Waals surface area contributed by atoms with Crippen LogP contribution in [-0.2, 0) is 14.8 Å². The molecule has 6 rings (SSSR count). The largest absolute Gasteiger partial charge is 0.493 e. The van der Waals surface area contributed by atoms with Crippen LogP contribution in [0.2, 0.25) is 0 Å². The molecule has 0 aliphatic heterocycles. The van der Waals surface area contributed by atoms with E-state index in [4.69, 9.17) is 9.47 Å². The minimum Gasteiger partial charge on any atom is -0.493 e. The zero-order valence-corrected chi connectivity index (χ0v) is 19.5. The molecule has 4 bridgehead atoms. The van der Waals surface area contributed by atoms with Gasteiger partial charge >= 0.3 is 0 Å². The van der Waals surface area contributed by atoms with Crippen LogP contribution in [0.5, 0.6) is 5.75 Å². The number of carbonyl (C=O) groups is 1. The molecule has 0 aromatic heterocycles. The Balaban J connectivity index is 1.40. The Kier molecular flexibility index (Phi) is 5.52. The van der Waals surface area contributed by atoms with Crippen LogP contribution in [0.3, 0.4) is 0 Å². The van der Waals surface area contributed by atoms with Crippen molar-refractivity contribution in [2.45, 2.75) is 50.9 Å². The third-order valence-corrected chi connectivity index (χ3v) is 8.58. The molecule has 0 spiro atoms. The van der Waals surface area contributed by atoms with Gasteiger partial charge in [-0.3, -0.25) is 4.79 Å². The monoisotopic (exact) mass is 465 g/mol. The van der Waals surface area contributed by atoms with Crippen molar-refractivity contribution in [2.24, 2.45) is 29.1 Å². The highest BCUT2D eigenvalue weighted by Crippen LogP contribution is 2.60. The molecule has 0 radical (unpaired) electrons. The first-order chi connectivity index (χ1) is 15.1. The molecular formula is C24H32FNO5S. The Morgan fingerprint density at radius 3 is 2.31 bits per heavy atom. The first kappa shape index (κ1) is 22.1. The molecule has 32 heavy (non-hydrogen) atoms. The van der Waals surface area contributed by atoms with Crippen LogP contribution in [0.15, 0.2) is 12.1 Å². The van der Waals surface area contributed by atoms with E-state index in [1.807, 2.05) is 4.72 Å². The summed E-state index contributed by atoms with van der Waals surface area (Å²) >= 11 is 0. The standard InChI is InChI=1S/C24H32FNO5S/c1-30-12-17-6-18(17)19-7-20(23(27)26-32(2,28)29)21(25)8-22(19)31-13-24-9-14-3-15(10-24)5-16(4-14)11-24/h7-8,14-18H,3-6,9-13H2,1-2H3,(H,26,27). The molecule has 6 nitrogen and oxygen atoms in total. The number of amides is 1. The van der Waals surface area contributed by atoms with Crippen LogP contribution in [0, 0.1) is 34.9 Å². The highest BCUT2D eigenvalue weighted by atomic mass is 32.2. The Labute approximate surface area is 189 Å². The zero-order chi connectivity index (χ0) is 22.7. The number of sulfonamides is 1. The van der Waals surface area contributed by atoms with Gasteiger partial charge in [0.1, 0.15) is 11.6 Å². The molecule has 2 unspecified atom stereocenters. The van der Waals surface area contributed by atoms with Crippen molar-refractivity contribution >= 4 is 15.9 Å². The second kappa shape index (κ2) is 7.97. The average molecular weight is 466 g/mol. The van der Waals surface area contributed by atoms with Gasteiger partial charge in [-0.2, -0.15) is 0 Å². The SMILES string of the molecule is COCC1CC1c1cc(C(=O)NS(C)(=O)=O)c(F)cc1OCC12CC3CC(CC(C3)C1)C2. The number of carbonyl (C=O) groups excluding carboxylic acids is 1. The molecule has 5 aliphatic carbocycles. The van der Waals surface area contributed by atoms with Gasteiger partial charge in [0.2, 0.25) is 10.0 Å². The quantitative estimate of drug-likeness (QED) is 0.631. The minimum absolute atomic E-state index is 0.117. The third kappa shape index (κ3) is 4.40. The summed E-state index contributed by atoms with van der Waals surface area (Å²) in [7, 11) is -2.14. The van der Waals surface area contributed by atoms with Crippen molar-refractivity contribution < 1.29 is 27.1 Å². The van der Waals surface area contributed by atoms with E-state index in [1.54, 1.807) is 7.11 Å². The Hall–Kier alpha value is -1.67. The summed E-state index contributed by atoms with van der Waals surface area (Å²) in [6.07, 6.45) is 9.39. The van der Waals surface area contributed by atoms with Gasteiger partial charge < -0.3 is 9.47 Å². The lowest BCUT2D eigenvalue weighted by molar-refractivity contribution is -0.0747. The van der Waals surface area contributed by atoms with Crippen molar-refractivity contribution in [1.29, 1.82) is 0 Å². The van der Waals surface area contributed by atoms with Gasteiger partial charge in [-0.1, -0.05) is 0 Å². The fourth-order valence-corrected chi connectivity index (χ4v) is 7.56.